The van der Waals surface area contributed by atoms with Crippen molar-refractivity contribution in [2.45, 2.75) is 44.3 Å². The minimum absolute atomic E-state index is 0.0562. The fourth-order valence-corrected chi connectivity index (χ4v) is 4.93. The number of carbonyl (C=O) groups excluding carboxylic acids is 1. The van der Waals surface area contributed by atoms with Crippen LogP contribution in [0.1, 0.15) is 58.4 Å². The number of carboxylic acids is 1. The topological polar surface area (TPSA) is 113 Å². The number of halogens is 1. The largest absolute Gasteiger partial charge is 0.478 e. The molecule has 1 amide bonds. The lowest BCUT2D eigenvalue weighted by Crippen LogP contribution is -2.46. The van der Waals surface area contributed by atoms with Crippen molar-refractivity contribution in [1.82, 2.24) is 10.3 Å². The smallest absolute Gasteiger partial charge is 0.335 e. The molecule has 0 radical (unpaired) electrons. The van der Waals surface area contributed by atoms with Crippen LogP contribution in [0.4, 0.5) is 4.39 Å². The molecule has 2 aromatic carbocycles. The van der Waals surface area contributed by atoms with Crippen molar-refractivity contribution >= 4 is 21.9 Å². The van der Waals surface area contributed by atoms with E-state index in [1.165, 1.54) is 31.2 Å². The second-order valence-electron chi connectivity index (χ2n) is 7.40. The number of sulfonamides is 1. The molecule has 3 rings (SSSR count). The highest BCUT2D eigenvalue weighted by atomic mass is 32.2. The molecule has 30 heavy (non-hydrogen) atoms. The molecule has 1 saturated carbocycles. The van der Waals surface area contributed by atoms with E-state index in [0.717, 1.165) is 19.3 Å². The predicted molar refractivity (Wildman–Crippen MR) is 110 cm³/mol. The lowest BCUT2D eigenvalue weighted by atomic mass is 9.98. The van der Waals surface area contributed by atoms with Crippen LogP contribution in [0.5, 0.6) is 0 Å². The van der Waals surface area contributed by atoms with Gasteiger partial charge in [-0.2, -0.15) is 0 Å². The number of hydrazine groups is 1. The number of amides is 1. The normalized spacial score (nSPS) is 15.0. The molecule has 1 fully saturated rings. The van der Waals surface area contributed by atoms with Crippen LogP contribution in [-0.2, 0) is 10.0 Å². The summed E-state index contributed by atoms with van der Waals surface area (Å²) < 4.78 is 39.4. The van der Waals surface area contributed by atoms with Gasteiger partial charge in [0, 0.05) is 0 Å². The Morgan fingerprint density at radius 1 is 1.07 bits per heavy atom. The zero-order valence-electron chi connectivity index (χ0n) is 16.4. The van der Waals surface area contributed by atoms with E-state index >= 15 is 0 Å². The number of aromatic carboxylic acids is 1. The van der Waals surface area contributed by atoms with Crippen LogP contribution >= 0.6 is 0 Å². The second kappa shape index (κ2) is 8.93. The van der Waals surface area contributed by atoms with Gasteiger partial charge in [-0.05, 0) is 60.7 Å². The third-order valence-corrected chi connectivity index (χ3v) is 6.98. The predicted octanol–water partition coefficient (Wildman–Crippen LogP) is 3.40. The first kappa shape index (κ1) is 21.9. The molecule has 0 spiro atoms. The van der Waals surface area contributed by atoms with E-state index in [2.05, 4.69) is 10.3 Å². The molecular weight excluding hydrogens is 411 g/mol. The first-order valence-corrected chi connectivity index (χ1v) is 11.2. The summed E-state index contributed by atoms with van der Waals surface area (Å²) in [5.74, 6) is -2.81. The van der Waals surface area contributed by atoms with Crippen LogP contribution in [0.2, 0.25) is 0 Å². The van der Waals surface area contributed by atoms with Crippen molar-refractivity contribution in [3.63, 3.8) is 0 Å². The number of hydrogen-bond donors (Lipinski definition) is 3. The molecule has 1 aliphatic carbocycles. The molecule has 160 valence electrons. The maximum Gasteiger partial charge on any atom is 0.335 e. The van der Waals surface area contributed by atoms with Crippen LogP contribution in [0, 0.1) is 12.7 Å². The molecule has 0 atom stereocenters. The summed E-state index contributed by atoms with van der Waals surface area (Å²) in [6, 6.07) is 8.81. The van der Waals surface area contributed by atoms with E-state index < -0.39 is 33.0 Å². The van der Waals surface area contributed by atoms with Gasteiger partial charge in [-0.1, -0.05) is 31.4 Å². The Balaban J connectivity index is 1.84. The minimum atomic E-state index is -3.76. The molecule has 0 heterocycles. The van der Waals surface area contributed by atoms with Gasteiger partial charge < -0.3 is 5.11 Å². The number of carboxylic acid groups (broad SMARTS) is 1. The Hall–Kier alpha value is -2.78. The lowest BCUT2D eigenvalue weighted by molar-refractivity contribution is 0.0696. The summed E-state index contributed by atoms with van der Waals surface area (Å²) in [6.45, 7) is 1.48. The fraction of sp³-hybridized carbons (Fsp3) is 0.333. The van der Waals surface area contributed by atoms with Crippen molar-refractivity contribution in [1.29, 1.82) is 0 Å². The summed E-state index contributed by atoms with van der Waals surface area (Å²) >= 11 is 0. The molecule has 9 heteroatoms. The number of aryl methyl sites for hydroxylation is 1. The van der Waals surface area contributed by atoms with Gasteiger partial charge in [0.15, 0.2) is 0 Å². The van der Waals surface area contributed by atoms with E-state index in [9.17, 15) is 22.4 Å². The molecule has 0 saturated heterocycles. The number of hydrogen-bond acceptors (Lipinski definition) is 4. The van der Waals surface area contributed by atoms with Gasteiger partial charge in [-0.15, -0.1) is 4.83 Å². The Morgan fingerprint density at radius 2 is 1.77 bits per heavy atom. The van der Waals surface area contributed by atoms with E-state index in [4.69, 9.17) is 5.11 Å². The third-order valence-electron chi connectivity index (χ3n) is 5.24. The van der Waals surface area contributed by atoms with Crippen molar-refractivity contribution in [3.8, 4) is 11.1 Å². The first-order chi connectivity index (χ1) is 14.2. The van der Waals surface area contributed by atoms with Gasteiger partial charge in [0.05, 0.1) is 16.4 Å². The van der Waals surface area contributed by atoms with Crippen LogP contribution in [0.15, 0.2) is 36.4 Å². The fourth-order valence-electron chi connectivity index (χ4n) is 3.58. The Labute approximate surface area is 174 Å². The molecule has 3 N–H and O–H groups in total. The number of carbonyl (C=O) groups is 2. The molecular formula is C21H23FN2O5S. The second-order valence-corrected chi connectivity index (χ2v) is 9.36. The number of nitrogens with one attached hydrogen (secondary N) is 2. The Bertz CT molecular complexity index is 1080. The van der Waals surface area contributed by atoms with Crippen LogP contribution in [-0.4, -0.2) is 30.7 Å². The summed E-state index contributed by atoms with van der Waals surface area (Å²) in [7, 11) is -3.76. The van der Waals surface area contributed by atoms with E-state index in [-0.39, 0.29) is 16.7 Å². The average Bonchev–Trinajstić information content (AvgIpc) is 2.74. The molecule has 1 aliphatic rings. The molecule has 2 aromatic rings. The Morgan fingerprint density at radius 3 is 2.43 bits per heavy atom. The van der Waals surface area contributed by atoms with Gasteiger partial charge in [-0.3, -0.25) is 10.2 Å². The molecule has 0 bridgehead atoms. The quantitative estimate of drug-likeness (QED) is 0.603. The van der Waals surface area contributed by atoms with Crippen LogP contribution in [0.3, 0.4) is 0 Å². The highest BCUT2D eigenvalue weighted by molar-refractivity contribution is 7.90. The van der Waals surface area contributed by atoms with Crippen molar-refractivity contribution in [2.75, 3.05) is 0 Å². The molecule has 0 unspecified atom stereocenters. The number of benzene rings is 2. The standard InChI is InChI=1S/C21H23FN2O5S/c1-13-10-16(14-6-5-7-15(11-14)21(26)27)12-18(19(13)22)20(25)23-24-30(28,29)17-8-3-2-4-9-17/h5-7,10-12,17,24H,2-4,8-9H2,1H3,(H,23,25)(H,26,27). The number of rotatable bonds is 6. The van der Waals surface area contributed by atoms with Crippen molar-refractivity contribution in [3.05, 3.63) is 58.9 Å². The summed E-state index contributed by atoms with van der Waals surface area (Å²) in [4.78, 5) is 25.8. The van der Waals surface area contributed by atoms with Crippen molar-refractivity contribution in [2.24, 2.45) is 0 Å². The van der Waals surface area contributed by atoms with E-state index in [1.807, 2.05) is 0 Å². The molecule has 0 aliphatic heterocycles. The summed E-state index contributed by atoms with van der Waals surface area (Å²) in [6.07, 6.45) is 3.65. The zero-order valence-corrected chi connectivity index (χ0v) is 17.3. The summed E-state index contributed by atoms with van der Waals surface area (Å²) in [5.41, 5.74) is 2.93. The van der Waals surface area contributed by atoms with Gasteiger partial charge in [0.25, 0.3) is 5.91 Å². The van der Waals surface area contributed by atoms with Gasteiger partial charge >= 0.3 is 5.97 Å². The highest BCUT2D eigenvalue weighted by Crippen LogP contribution is 2.26. The average molecular weight is 434 g/mol. The molecule has 0 aromatic heterocycles. The SMILES string of the molecule is Cc1cc(-c2cccc(C(=O)O)c2)cc(C(=O)NNS(=O)(=O)C2CCCCC2)c1F. The highest BCUT2D eigenvalue weighted by Gasteiger charge is 2.28. The third kappa shape index (κ3) is 4.85. The molecule has 7 nitrogen and oxygen atoms in total. The summed E-state index contributed by atoms with van der Waals surface area (Å²) in [5, 5.41) is 8.58. The Kier molecular flexibility index (Phi) is 6.52. The lowest BCUT2D eigenvalue weighted by Gasteiger charge is -2.22. The van der Waals surface area contributed by atoms with Crippen molar-refractivity contribution < 1.29 is 27.5 Å². The zero-order chi connectivity index (χ0) is 21.9. The maximum atomic E-state index is 14.6. The minimum Gasteiger partial charge on any atom is -0.478 e. The van der Waals surface area contributed by atoms with E-state index in [1.54, 1.807) is 12.1 Å². The maximum absolute atomic E-state index is 14.6. The monoisotopic (exact) mass is 434 g/mol. The van der Waals surface area contributed by atoms with Gasteiger partial charge in [-0.25, -0.2) is 17.6 Å². The van der Waals surface area contributed by atoms with Gasteiger partial charge in [0.2, 0.25) is 10.0 Å². The van der Waals surface area contributed by atoms with Crippen LogP contribution in [0.25, 0.3) is 11.1 Å². The van der Waals surface area contributed by atoms with Crippen LogP contribution < -0.4 is 10.3 Å². The van der Waals surface area contributed by atoms with Gasteiger partial charge in [0.1, 0.15) is 5.82 Å². The van der Waals surface area contributed by atoms with E-state index in [0.29, 0.717) is 24.0 Å². The first-order valence-electron chi connectivity index (χ1n) is 9.64.